The molecule has 1 fully saturated rings. The van der Waals surface area contributed by atoms with Crippen molar-refractivity contribution in [3.05, 3.63) is 53.3 Å². The highest BCUT2D eigenvalue weighted by Crippen LogP contribution is 2.21. The smallest absolute Gasteiger partial charge is 0.258 e. The van der Waals surface area contributed by atoms with E-state index in [-0.39, 0.29) is 18.6 Å². The summed E-state index contributed by atoms with van der Waals surface area (Å²) in [5.41, 5.74) is 1.17. The fourth-order valence-electron chi connectivity index (χ4n) is 3.07. The number of aryl methyl sites for hydroxylation is 1. The lowest BCUT2D eigenvalue weighted by molar-refractivity contribution is -0.123. The minimum atomic E-state index is -0.146. The van der Waals surface area contributed by atoms with Gasteiger partial charge in [-0.2, -0.15) is 0 Å². The van der Waals surface area contributed by atoms with Gasteiger partial charge in [0, 0.05) is 43.6 Å². The molecule has 0 unspecified atom stereocenters. The molecule has 1 aliphatic heterocycles. The maximum Gasteiger partial charge on any atom is 0.258 e. The van der Waals surface area contributed by atoms with Crippen molar-refractivity contribution in [2.45, 2.75) is 6.04 Å². The first-order valence-electron chi connectivity index (χ1n) is 8.71. The molecule has 6 nitrogen and oxygen atoms in total. The summed E-state index contributed by atoms with van der Waals surface area (Å²) in [5, 5.41) is 3.63. The number of ether oxygens (including phenoxy) is 2. The van der Waals surface area contributed by atoms with Gasteiger partial charge in [-0.1, -0.05) is 11.6 Å². The maximum atomic E-state index is 12.2. The molecule has 0 bridgehead atoms. The molecule has 3 rings (SSSR count). The maximum absolute atomic E-state index is 12.2. The molecule has 1 aliphatic rings. The molecule has 1 aromatic heterocycles. The predicted octanol–water partition coefficient (Wildman–Crippen LogP) is 2.25. The van der Waals surface area contributed by atoms with Crippen LogP contribution in [0.4, 0.5) is 0 Å². The third-order valence-electron chi connectivity index (χ3n) is 4.49. The molecule has 1 saturated heterocycles. The van der Waals surface area contributed by atoms with Gasteiger partial charge in [-0.15, -0.1) is 0 Å². The van der Waals surface area contributed by atoms with E-state index in [9.17, 15) is 4.79 Å². The van der Waals surface area contributed by atoms with Crippen molar-refractivity contribution in [1.29, 1.82) is 0 Å². The first kappa shape index (κ1) is 18.8. The molecule has 1 amide bonds. The zero-order valence-corrected chi connectivity index (χ0v) is 15.6. The van der Waals surface area contributed by atoms with Crippen LogP contribution in [0.2, 0.25) is 5.02 Å². The lowest BCUT2D eigenvalue weighted by atomic mass is 10.1. The Labute approximate surface area is 158 Å². The molecule has 2 aromatic rings. The zero-order valence-electron chi connectivity index (χ0n) is 14.9. The third kappa shape index (κ3) is 5.00. The van der Waals surface area contributed by atoms with Gasteiger partial charge in [0.15, 0.2) is 6.61 Å². The van der Waals surface area contributed by atoms with E-state index in [4.69, 9.17) is 21.1 Å². The van der Waals surface area contributed by atoms with Crippen LogP contribution in [-0.2, 0) is 16.6 Å². The van der Waals surface area contributed by atoms with Gasteiger partial charge < -0.3 is 19.4 Å². The second kappa shape index (κ2) is 9.07. The van der Waals surface area contributed by atoms with Crippen molar-refractivity contribution in [2.24, 2.45) is 7.05 Å². The van der Waals surface area contributed by atoms with Gasteiger partial charge in [-0.3, -0.25) is 9.69 Å². The summed E-state index contributed by atoms with van der Waals surface area (Å²) >= 11 is 5.84. The van der Waals surface area contributed by atoms with Crippen LogP contribution < -0.4 is 10.1 Å². The number of amides is 1. The highest BCUT2D eigenvalue weighted by molar-refractivity contribution is 6.30. The molecule has 7 heteroatoms. The van der Waals surface area contributed by atoms with Crippen LogP contribution in [0.1, 0.15) is 11.7 Å². The van der Waals surface area contributed by atoms with Crippen molar-refractivity contribution in [3.8, 4) is 5.75 Å². The van der Waals surface area contributed by atoms with Gasteiger partial charge in [0.2, 0.25) is 0 Å². The number of aromatic nitrogens is 1. The van der Waals surface area contributed by atoms with E-state index in [1.807, 2.05) is 19.3 Å². The third-order valence-corrected chi connectivity index (χ3v) is 4.74. The Morgan fingerprint density at radius 3 is 2.65 bits per heavy atom. The predicted molar refractivity (Wildman–Crippen MR) is 101 cm³/mol. The normalized spacial score (nSPS) is 16.2. The number of hydrogen-bond acceptors (Lipinski definition) is 4. The van der Waals surface area contributed by atoms with Crippen molar-refractivity contribution < 1.29 is 14.3 Å². The van der Waals surface area contributed by atoms with E-state index in [2.05, 4.69) is 20.9 Å². The monoisotopic (exact) mass is 377 g/mol. The minimum Gasteiger partial charge on any atom is -0.484 e. The van der Waals surface area contributed by atoms with E-state index < -0.39 is 0 Å². The lowest BCUT2D eigenvalue weighted by Gasteiger charge is -2.34. The molecule has 140 valence electrons. The summed E-state index contributed by atoms with van der Waals surface area (Å²) in [5.74, 6) is 0.476. The van der Waals surface area contributed by atoms with Gasteiger partial charge in [0.05, 0.1) is 19.3 Å². The van der Waals surface area contributed by atoms with Crippen molar-refractivity contribution in [2.75, 3.05) is 39.5 Å². The zero-order chi connectivity index (χ0) is 18.4. The fraction of sp³-hybridized carbons (Fsp3) is 0.421. The Morgan fingerprint density at radius 2 is 2.00 bits per heavy atom. The van der Waals surface area contributed by atoms with Crippen LogP contribution in [0, 0.1) is 0 Å². The Morgan fingerprint density at radius 1 is 1.27 bits per heavy atom. The van der Waals surface area contributed by atoms with Crippen molar-refractivity contribution >= 4 is 17.5 Å². The topological polar surface area (TPSA) is 55.7 Å². The van der Waals surface area contributed by atoms with E-state index in [0.717, 1.165) is 13.1 Å². The molecule has 0 spiro atoms. The van der Waals surface area contributed by atoms with E-state index >= 15 is 0 Å². The summed E-state index contributed by atoms with van der Waals surface area (Å²) in [6, 6.07) is 11.2. The van der Waals surface area contributed by atoms with E-state index in [0.29, 0.717) is 30.5 Å². The van der Waals surface area contributed by atoms with Crippen LogP contribution in [-0.4, -0.2) is 54.8 Å². The number of carbonyl (C=O) groups is 1. The summed E-state index contributed by atoms with van der Waals surface area (Å²) in [6.07, 6.45) is 2.02. The fourth-order valence-corrected chi connectivity index (χ4v) is 3.20. The Balaban J connectivity index is 1.55. The Hall–Kier alpha value is -2.02. The number of benzene rings is 1. The van der Waals surface area contributed by atoms with Gasteiger partial charge in [-0.05, 0) is 36.4 Å². The molecule has 1 aromatic carbocycles. The van der Waals surface area contributed by atoms with Gasteiger partial charge in [0.25, 0.3) is 5.91 Å². The number of rotatable bonds is 7. The van der Waals surface area contributed by atoms with Crippen LogP contribution in [0.3, 0.4) is 0 Å². The number of carbonyl (C=O) groups excluding carboxylic acids is 1. The second-order valence-electron chi connectivity index (χ2n) is 6.25. The van der Waals surface area contributed by atoms with Crippen LogP contribution in [0.15, 0.2) is 42.6 Å². The Kier molecular flexibility index (Phi) is 6.55. The molecule has 2 heterocycles. The lowest BCUT2D eigenvalue weighted by Crippen LogP contribution is -2.45. The molecule has 26 heavy (non-hydrogen) atoms. The largest absolute Gasteiger partial charge is 0.484 e. The first-order valence-corrected chi connectivity index (χ1v) is 9.09. The average molecular weight is 378 g/mol. The average Bonchev–Trinajstić information content (AvgIpc) is 3.08. The molecule has 1 atom stereocenters. The number of morpholine rings is 1. The molecule has 0 aliphatic carbocycles. The van der Waals surface area contributed by atoms with Gasteiger partial charge in [-0.25, -0.2) is 0 Å². The highest BCUT2D eigenvalue weighted by atomic mass is 35.5. The number of nitrogens with zero attached hydrogens (tertiary/aromatic N) is 2. The molecule has 1 N–H and O–H groups in total. The molecule has 0 saturated carbocycles. The minimum absolute atomic E-state index is 0.0232. The molecule has 0 radical (unpaired) electrons. The van der Waals surface area contributed by atoms with Crippen molar-refractivity contribution in [1.82, 2.24) is 14.8 Å². The summed E-state index contributed by atoms with van der Waals surface area (Å²) < 4.78 is 13.1. The van der Waals surface area contributed by atoms with Crippen LogP contribution in [0.25, 0.3) is 0 Å². The molecular weight excluding hydrogens is 354 g/mol. The summed E-state index contributed by atoms with van der Waals surface area (Å²) in [6.45, 7) is 3.65. The number of halogens is 1. The SMILES string of the molecule is Cn1cccc1[C@H](CNC(=O)COc1ccc(Cl)cc1)N1CCOCC1. The van der Waals surface area contributed by atoms with Crippen molar-refractivity contribution in [3.63, 3.8) is 0 Å². The second-order valence-corrected chi connectivity index (χ2v) is 6.69. The standard InChI is InChI=1S/C19H24ClN3O3/c1-22-8-2-3-17(22)18(23-9-11-25-12-10-23)13-21-19(24)14-26-16-6-4-15(20)5-7-16/h2-8,18H,9-14H2,1H3,(H,21,24)/t18-/m0/s1. The quantitative estimate of drug-likeness (QED) is 0.804. The van der Waals surface area contributed by atoms with Gasteiger partial charge >= 0.3 is 0 Å². The van der Waals surface area contributed by atoms with Crippen LogP contribution >= 0.6 is 11.6 Å². The first-order chi connectivity index (χ1) is 12.6. The molecular formula is C19H24ClN3O3. The van der Waals surface area contributed by atoms with Gasteiger partial charge in [0.1, 0.15) is 5.75 Å². The van der Waals surface area contributed by atoms with E-state index in [1.54, 1.807) is 24.3 Å². The number of nitrogens with one attached hydrogen (secondary N) is 1. The summed E-state index contributed by atoms with van der Waals surface area (Å²) in [4.78, 5) is 14.6. The van der Waals surface area contributed by atoms with E-state index in [1.165, 1.54) is 5.69 Å². The number of hydrogen-bond donors (Lipinski definition) is 1. The summed E-state index contributed by atoms with van der Waals surface area (Å²) in [7, 11) is 2.02. The van der Waals surface area contributed by atoms with Crippen LogP contribution in [0.5, 0.6) is 5.75 Å². The highest BCUT2D eigenvalue weighted by Gasteiger charge is 2.24. The Bertz CT molecular complexity index is 711.